The standard InChI is InChI=1S/C22H27N3O4S.C3H4N2S.2H2/c1-29-19-4-2-3-17(15-19)16-23-11-13-24(14-12-23)21-9-10-25(22(21)26)18-5-7-20(8-6-18)30(27)28;4-3-5-1-2-6-3;;/h2-8,15,21H,9-14,16H2,1H3,(H,27,28);1-2H,(H2,4,5);2*1H/p-1/t21-;;;/m0.../s1. The zero-order chi connectivity index (χ0) is 25.5. The maximum Gasteiger partial charge on any atom is 0.244 e. The molecule has 2 saturated heterocycles. The summed E-state index contributed by atoms with van der Waals surface area (Å²) in [5.74, 6) is 0.976. The minimum Gasteiger partial charge on any atom is -0.768 e. The SMILES string of the molecule is COc1cccc(CN2CCN([C@H]3CCN(c4ccc(S(=O)[O-])cc4)C3=O)CC2)c1.Nc1nccs1.[HH].[HH]. The van der Waals surface area contributed by atoms with Crippen molar-refractivity contribution in [1.82, 2.24) is 14.8 Å². The second-order valence-corrected chi connectivity index (χ2v) is 10.4. The highest BCUT2D eigenvalue weighted by atomic mass is 32.2. The number of ether oxygens (including phenoxy) is 1. The van der Waals surface area contributed by atoms with Crippen molar-refractivity contribution in [3.8, 4) is 5.75 Å². The largest absolute Gasteiger partial charge is 0.768 e. The molecule has 2 aliphatic heterocycles. The number of carbonyl (C=O) groups excluding carboxylic acids is 1. The van der Waals surface area contributed by atoms with Gasteiger partial charge in [-0.25, -0.2) is 4.98 Å². The van der Waals surface area contributed by atoms with E-state index in [-0.39, 0.29) is 19.7 Å². The van der Waals surface area contributed by atoms with Gasteiger partial charge in [-0.1, -0.05) is 12.1 Å². The van der Waals surface area contributed by atoms with Crippen LogP contribution in [0.2, 0.25) is 0 Å². The molecule has 2 aliphatic rings. The lowest BCUT2D eigenvalue weighted by molar-refractivity contribution is -0.122. The number of amides is 1. The van der Waals surface area contributed by atoms with Crippen LogP contribution in [0.4, 0.5) is 10.8 Å². The number of anilines is 2. The van der Waals surface area contributed by atoms with E-state index in [0.717, 1.165) is 50.6 Å². The normalized spacial score (nSPS) is 19.6. The summed E-state index contributed by atoms with van der Waals surface area (Å²) in [6, 6.07) is 14.5. The minimum absolute atomic E-state index is 0. The average molecular weight is 533 g/mol. The number of hydrogen-bond acceptors (Lipinski definition) is 9. The van der Waals surface area contributed by atoms with Crippen molar-refractivity contribution in [3.63, 3.8) is 0 Å². The van der Waals surface area contributed by atoms with Crippen molar-refractivity contribution in [2.75, 3.05) is 50.5 Å². The number of aromatic nitrogens is 1. The number of thiazole rings is 1. The number of hydrogen-bond donors (Lipinski definition) is 1. The number of nitrogen functional groups attached to an aromatic ring is 1. The number of piperazine rings is 1. The van der Waals surface area contributed by atoms with Crippen LogP contribution in [0.3, 0.4) is 0 Å². The molecular weight excluding hydrogens is 498 g/mol. The maximum absolute atomic E-state index is 13.0. The van der Waals surface area contributed by atoms with Crippen molar-refractivity contribution in [2.24, 2.45) is 0 Å². The van der Waals surface area contributed by atoms with Gasteiger partial charge in [0, 0.05) is 64.3 Å². The van der Waals surface area contributed by atoms with Gasteiger partial charge in [-0.3, -0.25) is 18.8 Å². The molecule has 1 amide bonds. The molecule has 3 heterocycles. The number of nitrogens with zero attached hydrogens (tertiary/aromatic N) is 4. The number of carbonyl (C=O) groups is 1. The Labute approximate surface area is 220 Å². The predicted octanol–water partition coefficient (Wildman–Crippen LogP) is 3.07. The molecule has 0 radical (unpaired) electrons. The summed E-state index contributed by atoms with van der Waals surface area (Å²) in [5.41, 5.74) is 7.17. The van der Waals surface area contributed by atoms with Crippen molar-refractivity contribution in [3.05, 3.63) is 65.7 Å². The lowest BCUT2D eigenvalue weighted by Crippen LogP contribution is -2.52. The highest BCUT2D eigenvalue weighted by Crippen LogP contribution is 2.26. The Morgan fingerprint density at radius 1 is 1.17 bits per heavy atom. The highest BCUT2D eigenvalue weighted by Gasteiger charge is 2.37. The third kappa shape index (κ3) is 6.68. The van der Waals surface area contributed by atoms with Crippen LogP contribution in [-0.2, 0) is 22.4 Å². The first kappa shape index (κ1) is 26.2. The molecule has 0 bridgehead atoms. The van der Waals surface area contributed by atoms with Gasteiger partial charge in [-0.15, -0.1) is 11.3 Å². The lowest BCUT2D eigenvalue weighted by atomic mass is 10.1. The molecule has 0 saturated carbocycles. The number of methoxy groups -OCH3 is 1. The molecule has 3 aromatic rings. The van der Waals surface area contributed by atoms with Crippen LogP contribution in [-0.4, -0.2) is 75.3 Å². The summed E-state index contributed by atoms with van der Waals surface area (Å²) < 4.78 is 27.4. The molecule has 2 aromatic carbocycles. The predicted molar refractivity (Wildman–Crippen MR) is 145 cm³/mol. The van der Waals surface area contributed by atoms with Crippen LogP contribution in [0.1, 0.15) is 14.8 Å². The van der Waals surface area contributed by atoms with Gasteiger partial charge in [-0.2, -0.15) is 0 Å². The summed E-state index contributed by atoms with van der Waals surface area (Å²) in [7, 11) is 1.68. The fourth-order valence-electron chi connectivity index (χ4n) is 4.49. The first-order chi connectivity index (χ1) is 17.4. The average Bonchev–Trinajstić information content (AvgIpc) is 3.53. The molecule has 196 valence electrons. The quantitative estimate of drug-likeness (QED) is 0.482. The summed E-state index contributed by atoms with van der Waals surface area (Å²) >= 11 is -0.808. The topological polar surface area (TPSA) is 115 Å². The zero-order valence-electron chi connectivity index (χ0n) is 20.1. The lowest BCUT2D eigenvalue weighted by Gasteiger charge is -2.37. The minimum atomic E-state index is -2.25. The van der Waals surface area contributed by atoms with E-state index in [1.807, 2.05) is 17.5 Å². The smallest absolute Gasteiger partial charge is 0.244 e. The van der Waals surface area contributed by atoms with Crippen LogP contribution in [0.25, 0.3) is 0 Å². The van der Waals surface area contributed by atoms with E-state index >= 15 is 0 Å². The fourth-order valence-corrected chi connectivity index (χ4v) is 5.23. The van der Waals surface area contributed by atoms with E-state index in [0.29, 0.717) is 11.7 Å². The Balaban J connectivity index is 0.000000561. The summed E-state index contributed by atoms with van der Waals surface area (Å²) in [4.78, 5) is 23.4. The Hall–Kier alpha value is -2.83. The number of rotatable bonds is 6. The first-order valence-corrected chi connectivity index (χ1v) is 13.6. The molecule has 9 nitrogen and oxygen atoms in total. The Bertz CT molecular complexity index is 1160. The van der Waals surface area contributed by atoms with Gasteiger partial charge in [0.1, 0.15) is 5.75 Å². The summed E-state index contributed by atoms with van der Waals surface area (Å²) in [6.45, 7) is 5.11. The van der Waals surface area contributed by atoms with E-state index in [2.05, 4.69) is 26.9 Å². The third-order valence-corrected chi connectivity index (χ3v) is 7.62. The summed E-state index contributed by atoms with van der Waals surface area (Å²) in [6.07, 6.45) is 2.48. The van der Waals surface area contributed by atoms with Gasteiger partial charge < -0.3 is 19.9 Å². The summed E-state index contributed by atoms with van der Waals surface area (Å²) in [5, 5.41) is 2.48. The molecule has 1 unspecified atom stereocenters. The van der Waals surface area contributed by atoms with Crippen molar-refractivity contribution in [1.29, 1.82) is 0 Å². The van der Waals surface area contributed by atoms with Gasteiger partial charge >= 0.3 is 0 Å². The molecule has 36 heavy (non-hydrogen) atoms. The van der Waals surface area contributed by atoms with Crippen LogP contribution in [0, 0.1) is 0 Å². The number of nitrogens with two attached hydrogens (primary N) is 1. The van der Waals surface area contributed by atoms with Crippen molar-refractivity contribution >= 4 is 39.1 Å². The molecule has 5 rings (SSSR count). The van der Waals surface area contributed by atoms with Gasteiger partial charge in [0.25, 0.3) is 0 Å². The van der Waals surface area contributed by atoms with Gasteiger partial charge in [-0.05, 0) is 59.5 Å². The monoisotopic (exact) mass is 532 g/mol. The Morgan fingerprint density at radius 2 is 1.92 bits per heavy atom. The maximum atomic E-state index is 13.0. The molecule has 0 spiro atoms. The van der Waals surface area contributed by atoms with Gasteiger partial charge in [0.05, 0.1) is 13.2 Å². The van der Waals surface area contributed by atoms with E-state index < -0.39 is 11.1 Å². The van der Waals surface area contributed by atoms with E-state index in [4.69, 9.17) is 10.5 Å². The molecule has 2 fully saturated rings. The fraction of sp³-hybridized carbons (Fsp3) is 0.360. The number of benzene rings is 2. The van der Waals surface area contributed by atoms with E-state index in [9.17, 15) is 13.6 Å². The second-order valence-electron chi connectivity index (χ2n) is 8.56. The molecular formula is C25H34N5O4S2-. The van der Waals surface area contributed by atoms with Crippen LogP contribution < -0.4 is 15.4 Å². The Kier molecular flexibility index (Phi) is 9.05. The first-order valence-electron chi connectivity index (χ1n) is 11.7. The third-order valence-electron chi connectivity index (χ3n) is 6.36. The second kappa shape index (κ2) is 12.4. The highest BCUT2D eigenvalue weighted by molar-refractivity contribution is 7.79. The zero-order valence-corrected chi connectivity index (χ0v) is 21.7. The van der Waals surface area contributed by atoms with Crippen LogP contribution in [0.5, 0.6) is 5.75 Å². The molecule has 2 N–H and O–H groups in total. The molecule has 1 aromatic heterocycles. The molecule has 0 aliphatic carbocycles. The van der Waals surface area contributed by atoms with Crippen LogP contribution >= 0.6 is 11.3 Å². The van der Waals surface area contributed by atoms with Crippen molar-refractivity contribution in [2.45, 2.75) is 23.9 Å². The van der Waals surface area contributed by atoms with Crippen LogP contribution in [0.15, 0.2) is 65.0 Å². The molecule has 11 heteroatoms. The van der Waals surface area contributed by atoms with E-state index in [1.165, 1.54) is 29.0 Å². The van der Waals surface area contributed by atoms with Gasteiger partial charge in [0.15, 0.2) is 5.13 Å². The molecule has 2 atom stereocenters. The van der Waals surface area contributed by atoms with Crippen molar-refractivity contribution < 1.29 is 21.1 Å². The Morgan fingerprint density at radius 3 is 2.50 bits per heavy atom. The van der Waals surface area contributed by atoms with Gasteiger partial charge in [0.2, 0.25) is 5.91 Å². The van der Waals surface area contributed by atoms with E-state index in [1.54, 1.807) is 30.3 Å².